The van der Waals surface area contributed by atoms with Gasteiger partial charge in [-0.1, -0.05) is 12.0 Å². The molecule has 0 fully saturated rings. The van der Waals surface area contributed by atoms with Gasteiger partial charge >= 0.3 is 0 Å². The summed E-state index contributed by atoms with van der Waals surface area (Å²) < 4.78 is 10.8. The standard InChI is InChI=1S/C30H24N8O3/c1-4-17-8-7-9-20-23(17)29(40)38(36-12-5-6-13-36)22(34-20)15-37-28-24(27(31)32-16-33-28)25(35-37)18-10-11-21(39)26-19(18)14-30(2,3)41-26/h1,5-13,16,39H,14-15H2,2-3H3,(H2,31,32,33). The second kappa shape index (κ2) is 8.69. The highest BCUT2D eigenvalue weighted by atomic mass is 16.5. The fourth-order valence-electron chi connectivity index (χ4n) is 5.52. The highest BCUT2D eigenvalue weighted by Crippen LogP contribution is 2.47. The fourth-order valence-corrected chi connectivity index (χ4v) is 5.52. The van der Waals surface area contributed by atoms with Crippen LogP contribution in [0.3, 0.4) is 0 Å². The Morgan fingerprint density at radius 1 is 1.12 bits per heavy atom. The van der Waals surface area contributed by atoms with E-state index in [2.05, 4.69) is 15.9 Å². The zero-order chi connectivity index (χ0) is 28.5. The van der Waals surface area contributed by atoms with Gasteiger partial charge < -0.3 is 15.6 Å². The van der Waals surface area contributed by atoms with Gasteiger partial charge in [0.05, 0.1) is 16.3 Å². The number of aromatic nitrogens is 7. The molecule has 11 heteroatoms. The van der Waals surface area contributed by atoms with Crippen LogP contribution in [0.1, 0.15) is 30.8 Å². The van der Waals surface area contributed by atoms with E-state index in [1.807, 2.05) is 26.0 Å². The van der Waals surface area contributed by atoms with Crippen LogP contribution in [0.25, 0.3) is 33.2 Å². The summed E-state index contributed by atoms with van der Waals surface area (Å²) in [6, 6.07) is 12.3. The van der Waals surface area contributed by atoms with Crippen LogP contribution in [0, 0.1) is 12.3 Å². The van der Waals surface area contributed by atoms with Crippen molar-refractivity contribution in [2.45, 2.75) is 32.4 Å². The zero-order valence-electron chi connectivity index (χ0n) is 22.2. The molecule has 1 aliphatic rings. The van der Waals surface area contributed by atoms with Gasteiger partial charge in [-0.05, 0) is 50.2 Å². The normalized spacial score (nSPS) is 13.8. The van der Waals surface area contributed by atoms with Crippen molar-refractivity contribution in [2.75, 3.05) is 5.73 Å². The third-order valence-electron chi connectivity index (χ3n) is 7.24. The average molecular weight is 545 g/mol. The first-order chi connectivity index (χ1) is 19.8. The lowest BCUT2D eigenvalue weighted by Gasteiger charge is -2.16. The summed E-state index contributed by atoms with van der Waals surface area (Å²) in [5.41, 5.74) is 9.10. The molecular formula is C30H24N8O3. The monoisotopic (exact) mass is 544 g/mol. The van der Waals surface area contributed by atoms with Crippen LogP contribution in [0.2, 0.25) is 0 Å². The van der Waals surface area contributed by atoms with Crippen molar-refractivity contribution in [3.05, 3.63) is 88.5 Å². The predicted molar refractivity (Wildman–Crippen MR) is 154 cm³/mol. The molecule has 0 aliphatic carbocycles. The van der Waals surface area contributed by atoms with Gasteiger partial charge in [-0.3, -0.25) is 9.47 Å². The summed E-state index contributed by atoms with van der Waals surface area (Å²) in [4.78, 5) is 27.5. The molecule has 41 heavy (non-hydrogen) atoms. The number of anilines is 1. The Balaban J connectivity index is 1.47. The van der Waals surface area contributed by atoms with Crippen molar-refractivity contribution in [1.82, 2.24) is 34.1 Å². The quantitative estimate of drug-likeness (QED) is 0.322. The number of fused-ring (bicyclic) bond motifs is 3. The van der Waals surface area contributed by atoms with E-state index in [0.29, 0.717) is 51.2 Å². The number of terminal acetylenes is 1. The van der Waals surface area contributed by atoms with Crippen molar-refractivity contribution < 1.29 is 9.84 Å². The third kappa shape index (κ3) is 3.72. The number of phenols is 1. The van der Waals surface area contributed by atoms with E-state index in [9.17, 15) is 9.90 Å². The molecule has 2 aromatic carbocycles. The number of aromatic hydroxyl groups is 1. The van der Waals surface area contributed by atoms with E-state index >= 15 is 0 Å². The first-order valence-electron chi connectivity index (χ1n) is 12.9. The van der Waals surface area contributed by atoms with Crippen molar-refractivity contribution in [3.8, 4) is 35.1 Å². The summed E-state index contributed by atoms with van der Waals surface area (Å²) in [7, 11) is 0. The van der Waals surface area contributed by atoms with Crippen LogP contribution in [0.5, 0.6) is 11.5 Å². The van der Waals surface area contributed by atoms with Gasteiger partial charge in [0.2, 0.25) is 0 Å². The van der Waals surface area contributed by atoms with Gasteiger partial charge in [-0.2, -0.15) is 9.77 Å². The second-order valence-corrected chi connectivity index (χ2v) is 10.5. The van der Waals surface area contributed by atoms with Crippen molar-refractivity contribution in [3.63, 3.8) is 0 Å². The Morgan fingerprint density at radius 2 is 1.93 bits per heavy atom. The van der Waals surface area contributed by atoms with Gasteiger partial charge in [0.1, 0.15) is 30.0 Å². The lowest BCUT2D eigenvalue weighted by atomic mass is 9.95. The number of benzene rings is 2. The molecular weight excluding hydrogens is 520 g/mol. The highest BCUT2D eigenvalue weighted by Gasteiger charge is 2.35. The molecule has 3 N–H and O–H groups in total. The SMILES string of the molecule is C#Cc1cccc2nc(Cn3nc(-c4ccc(O)c5c4CC(C)(C)O5)c4c(N)ncnc43)n(-n3cccc3)c(=O)c12. The molecule has 202 valence electrons. The van der Waals surface area contributed by atoms with E-state index in [1.54, 1.807) is 52.1 Å². The molecule has 11 nitrogen and oxygen atoms in total. The number of phenolic OH excluding ortho intramolecular Hbond substituents is 1. The molecule has 0 amide bonds. The number of nitrogen functional groups attached to an aromatic ring is 1. The molecule has 0 saturated carbocycles. The highest BCUT2D eigenvalue weighted by molar-refractivity contribution is 5.99. The van der Waals surface area contributed by atoms with Gasteiger partial charge in [-0.15, -0.1) is 6.42 Å². The maximum atomic E-state index is 13.9. The second-order valence-electron chi connectivity index (χ2n) is 10.5. The first-order valence-corrected chi connectivity index (χ1v) is 12.9. The molecule has 0 atom stereocenters. The molecule has 0 saturated heterocycles. The van der Waals surface area contributed by atoms with Crippen molar-refractivity contribution in [2.24, 2.45) is 0 Å². The van der Waals surface area contributed by atoms with Crippen molar-refractivity contribution >= 4 is 27.8 Å². The molecule has 0 bridgehead atoms. The Hall–Kier alpha value is -5.63. The summed E-state index contributed by atoms with van der Waals surface area (Å²) in [5.74, 6) is 3.74. The average Bonchev–Trinajstić information content (AvgIpc) is 3.67. The van der Waals surface area contributed by atoms with E-state index < -0.39 is 5.60 Å². The van der Waals surface area contributed by atoms with Gasteiger partial charge in [0.15, 0.2) is 23.0 Å². The Bertz CT molecular complexity index is 2120. The van der Waals surface area contributed by atoms with Gasteiger partial charge in [0, 0.05) is 35.5 Å². The lowest BCUT2D eigenvalue weighted by Crippen LogP contribution is -2.31. The molecule has 4 aromatic heterocycles. The van der Waals surface area contributed by atoms with E-state index in [0.717, 1.165) is 11.1 Å². The van der Waals surface area contributed by atoms with Crippen LogP contribution >= 0.6 is 0 Å². The van der Waals surface area contributed by atoms with E-state index in [4.69, 9.17) is 27.0 Å². The Kier molecular flexibility index (Phi) is 5.17. The topological polar surface area (TPSA) is 139 Å². The zero-order valence-corrected chi connectivity index (χ0v) is 22.2. The number of nitrogens with zero attached hydrogens (tertiary/aromatic N) is 7. The molecule has 0 unspecified atom stereocenters. The molecule has 7 rings (SSSR count). The minimum Gasteiger partial charge on any atom is -0.504 e. The first kappa shape index (κ1) is 24.4. The largest absolute Gasteiger partial charge is 0.504 e. The maximum Gasteiger partial charge on any atom is 0.282 e. The lowest BCUT2D eigenvalue weighted by molar-refractivity contribution is 0.134. The van der Waals surface area contributed by atoms with Crippen molar-refractivity contribution in [1.29, 1.82) is 0 Å². The summed E-state index contributed by atoms with van der Waals surface area (Å²) in [6.07, 6.45) is 11.2. The smallest absolute Gasteiger partial charge is 0.282 e. The van der Waals surface area contributed by atoms with Crippen LogP contribution in [0.15, 0.2) is 66.0 Å². The van der Waals surface area contributed by atoms with Gasteiger partial charge in [-0.25, -0.2) is 19.6 Å². The van der Waals surface area contributed by atoms with E-state index in [-0.39, 0.29) is 23.7 Å². The van der Waals surface area contributed by atoms with E-state index in [1.165, 1.54) is 11.0 Å². The minimum absolute atomic E-state index is 0.0599. The molecule has 1 aliphatic heterocycles. The molecule has 0 spiro atoms. The Labute approximate surface area is 233 Å². The predicted octanol–water partition coefficient (Wildman–Crippen LogP) is 3.35. The van der Waals surface area contributed by atoms with Crippen LogP contribution in [-0.4, -0.2) is 44.8 Å². The number of nitrogens with two attached hydrogens (primary N) is 1. The third-order valence-corrected chi connectivity index (χ3v) is 7.24. The Morgan fingerprint density at radius 3 is 2.71 bits per heavy atom. The summed E-state index contributed by atoms with van der Waals surface area (Å²) in [5, 5.41) is 16.4. The number of rotatable bonds is 4. The summed E-state index contributed by atoms with van der Waals surface area (Å²) >= 11 is 0. The minimum atomic E-state index is -0.505. The van der Waals surface area contributed by atoms with Crippen LogP contribution in [-0.2, 0) is 13.0 Å². The van der Waals surface area contributed by atoms with Crippen LogP contribution < -0.4 is 16.0 Å². The molecule has 0 radical (unpaired) electrons. The molecule has 5 heterocycles. The number of ether oxygens (including phenoxy) is 1. The van der Waals surface area contributed by atoms with Crippen LogP contribution in [0.4, 0.5) is 5.82 Å². The number of hydrogen-bond acceptors (Lipinski definition) is 8. The fraction of sp³-hybridized carbons (Fsp3) is 0.167. The van der Waals surface area contributed by atoms with Gasteiger partial charge in [0.25, 0.3) is 5.56 Å². The summed E-state index contributed by atoms with van der Waals surface area (Å²) in [6.45, 7) is 4.00. The number of hydrogen-bond donors (Lipinski definition) is 2. The molecule has 6 aromatic rings. The maximum absolute atomic E-state index is 13.9.